The lowest BCUT2D eigenvalue weighted by Gasteiger charge is -2.35. The van der Waals surface area contributed by atoms with E-state index >= 15 is 0 Å². The Morgan fingerprint density at radius 2 is 0.659 bits per heavy atom. The second-order valence-corrected chi connectivity index (χ2v) is 18.0. The van der Waals surface area contributed by atoms with Crippen molar-refractivity contribution in [3.63, 3.8) is 0 Å². The van der Waals surface area contributed by atoms with Gasteiger partial charge in [0, 0.05) is 0 Å². The first kappa shape index (κ1) is 29.9. The summed E-state index contributed by atoms with van der Waals surface area (Å²) in [7, 11) is 0. The molecule has 0 aliphatic rings. The van der Waals surface area contributed by atoms with Crippen LogP contribution in [0.1, 0.15) is 137 Å². The van der Waals surface area contributed by atoms with Gasteiger partial charge in [0.25, 0.3) is 0 Å². The van der Waals surface area contributed by atoms with Crippen LogP contribution in [0.5, 0.6) is 0 Å². The van der Waals surface area contributed by atoms with E-state index in [4.69, 9.17) is 0 Å². The fraction of sp³-hybridized carbons (Fsp3) is 0.512. The molecule has 0 fully saturated rings. The minimum atomic E-state index is 0.000593. The van der Waals surface area contributed by atoms with E-state index in [0.29, 0.717) is 0 Å². The van der Waals surface area contributed by atoms with Crippen molar-refractivity contribution >= 4 is 43.1 Å². The number of aryl methyl sites for hydroxylation is 1. The van der Waals surface area contributed by atoms with Gasteiger partial charge >= 0.3 is 0 Å². The maximum absolute atomic E-state index is 2.59. The zero-order chi connectivity index (χ0) is 30.8. The third-order valence-electron chi connectivity index (χ3n) is 9.34. The van der Waals surface area contributed by atoms with E-state index < -0.39 is 0 Å². The summed E-state index contributed by atoms with van der Waals surface area (Å²) in [6.45, 7) is 38.1. The van der Waals surface area contributed by atoms with E-state index in [9.17, 15) is 0 Å². The van der Waals surface area contributed by atoms with E-state index in [1.54, 1.807) is 0 Å². The summed E-state index contributed by atoms with van der Waals surface area (Å²) in [5.41, 5.74) is 8.86. The predicted molar refractivity (Wildman–Crippen MR) is 186 cm³/mol. The topological polar surface area (TPSA) is 0 Å². The molecule has 0 heteroatoms. The van der Waals surface area contributed by atoms with Crippen molar-refractivity contribution in [3.05, 3.63) is 69.8 Å². The molecule has 0 spiro atoms. The van der Waals surface area contributed by atoms with Crippen molar-refractivity contribution in [2.75, 3.05) is 0 Å². The molecule has 0 aliphatic carbocycles. The molecule has 5 rings (SSSR count). The van der Waals surface area contributed by atoms with Gasteiger partial charge < -0.3 is 0 Å². The molecule has 0 N–H and O–H groups in total. The molecule has 0 aliphatic heterocycles. The number of hydrogen-bond donors (Lipinski definition) is 0. The standard InChI is InChI=1S/C41H54/c1-23-21-28(39(8,9)10)35-30(41(14,15)16)22-29(40(11,12)13)33-25-18-20-27(38(5,6)7)34-26(37(2,3)4)19-17-24(32(25)34)31(23)36(33)35/h17-22H,1-16H3. The van der Waals surface area contributed by atoms with Gasteiger partial charge in [-0.05, 0) is 110 Å². The van der Waals surface area contributed by atoms with E-state index in [-0.39, 0.29) is 27.1 Å². The van der Waals surface area contributed by atoms with Gasteiger partial charge in [-0.3, -0.25) is 0 Å². The molecular weight excluding hydrogens is 492 g/mol. The average molecular weight is 547 g/mol. The maximum atomic E-state index is 2.59. The Morgan fingerprint density at radius 1 is 0.317 bits per heavy atom. The van der Waals surface area contributed by atoms with Crippen molar-refractivity contribution in [3.8, 4) is 0 Å². The van der Waals surface area contributed by atoms with Crippen LogP contribution < -0.4 is 0 Å². The van der Waals surface area contributed by atoms with Gasteiger partial charge in [0.1, 0.15) is 0 Å². The monoisotopic (exact) mass is 546 g/mol. The second kappa shape index (κ2) is 8.72. The van der Waals surface area contributed by atoms with E-state index in [0.717, 1.165) is 0 Å². The van der Waals surface area contributed by atoms with Gasteiger partial charge in [-0.25, -0.2) is 0 Å². The van der Waals surface area contributed by atoms with E-state index in [2.05, 4.69) is 147 Å². The molecular formula is C41H54. The zero-order valence-electron chi connectivity index (χ0n) is 29.0. The fourth-order valence-corrected chi connectivity index (χ4v) is 7.33. The van der Waals surface area contributed by atoms with Gasteiger partial charge in [0.05, 0.1) is 0 Å². The molecule has 0 aromatic heterocycles. The lowest BCUT2D eigenvalue weighted by molar-refractivity contribution is 0.570. The molecule has 41 heavy (non-hydrogen) atoms. The summed E-state index contributed by atoms with van der Waals surface area (Å²) in [5.74, 6) is 0. The van der Waals surface area contributed by atoms with Crippen molar-refractivity contribution in [2.45, 2.75) is 138 Å². The Bertz CT molecular complexity index is 1800. The van der Waals surface area contributed by atoms with Gasteiger partial charge in [-0.15, -0.1) is 0 Å². The smallest absolute Gasteiger partial charge is 0.00148 e. The van der Waals surface area contributed by atoms with Gasteiger partial charge in [-0.2, -0.15) is 0 Å². The Morgan fingerprint density at radius 3 is 1.07 bits per heavy atom. The first-order valence-corrected chi connectivity index (χ1v) is 15.7. The van der Waals surface area contributed by atoms with Crippen LogP contribution in [0.3, 0.4) is 0 Å². The summed E-state index contributed by atoms with van der Waals surface area (Å²) in [6, 6.07) is 15.0. The van der Waals surface area contributed by atoms with E-state index in [1.165, 1.54) is 76.5 Å². The summed E-state index contributed by atoms with van der Waals surface area (Å²) in [5, 5.41) is 11.6. The molecule has 5 aromatic carbocycles. The SMILES string of the molecule is Cc1cc(C(C)(C)C)c2c(C(C)(C)C)cc(C(C)(C)C)c3c4ccc(C(C)(C)C)c5c(C(C)(C)C)ccc(c1c23)c54. The minimum absolute atomic E-state index is 0.000593. The molecule has 0 atom stereocenters. The van der Waals surface area contributed by atoms with Crippen LogP contribution in [-0.2, 0) is 27.1 Å². The fourth-order valence-electron chi connectivity index (χ4n) is 7.33. The van der Waals surface area contributed by atoms with Crippen molar-refractivity contribution < 1.29 is 0 Å². The normalized spacial score (nSPS) is 14.3. The van der Waals surface area contributed by atoms with Gasteiger partial charge in [-0.1, -0.05) is 140 Å². The van der Waals surface area contributed by atoms with Gasteiger partial charge in [0.2, 0.25) is 0 Å². The molecule has 0 amide bonds. The first-order chi connectivity index (χ1) is 18.5. The molecule has 5 aromatic rings. The number of hydrogen-bond acceptors (Lipinski definition) is 0. The Hall–Kier alpha value is -2.60. The van der Waals surface area contributed by atoms with Gasteiger partial charge in [0.15, 0.2) is 0 Å². The Kier molecular flexibility index (Phi) is 6.35. The molecule has 218 valence electrons. The second-order valence-electron chi connectivity index (χ2n) is 18.0. The quantitative estimate of drug-likeness (QED) is 0.134. The minimum Gasteiger partial charge on any atom is -0.0572 e. The highest BCUT2D eigenvalue weighted by atomic mass is 14.4. The number of rotatable bonds is 0. The van der Waals surface area contributed by atoms with Crippen molar-refractivity contribution in [1.82, 2.24) is 0 Å². The van der Waals surface area contributed by atoms with E-state index in [1.807, 2.05) is 0 Å². The van der Waals surface area contributed by atoms with Crippen LogP contribution in [0, 0.1) is 6.92 Å². The summed E-state index contributed by atoms with van der Waals surface area (Å²) in [4.78, 5) is 0. The third-order valence-corrected chi connectivity index (χ3v) is 9.34. The summed E-state index contributed by atoms with van der Waals surface area (Å²) in [6.07, 6.45) is 0. The molecule has 0 radical (unpaired) electrons. The summed E-state index contributed by atoms with van der Waals surface area (Å²) < 4.78 is 0. The highest BCUT2D eigenvalue weighted by Gasteiger charge is 2.33. The molecule has 0 nitrogen and oxygen atoms in total. The Balaban J connectivity index is 2.29. The van der Waals surface area contributed by atoms with Crippen molar-refractivity contribution in [2.24, 2.45) is 0 Å². The average Bonchev–Trinajstić information content (AvgIpc) is 2.78. The first-order valence-electron chi connectivity index (χ1n) is 15.7. The predicted octanol–water partition coefficient (Wildman–Crippen LogP) is 12.5. The number of benzene rings is 5. The lowest BCUT2D eigenvalue weighted by atomic mass is 9.69. The molecule has 0 bridgehead atoms. The van der Waals surface area contributed by atoms with Crippen LogP contribution in [0.2, 0.25) is 0 Å². The van der Waals surface area contributed by atoms with Crippen LogP contribution in [0.4, 0.5) is 0 Å². The van der Waals surface area contributed by atoms with Crippen LogP contribution >= 0.6 is 0 Å². The Labute approximate surface area is 250 Å². The lowest BCUT2D eigenvalue weighted by Crippen LogP contribution is -2.21. The molecule has 0 unspecified atom stereocenters. The highest BCUT2D eigenvalue weighted by Crippen LogP contribution is 2.52. The van der Waals surface area contributed by atoms with Crippen LogP contribution in [0.25, 0.3) is 43.1 Å². The highest BCUT2D eigenvalue weighted by molar-refractivity contribution is 6.35. The zero-order valence-corrected chi connectivity index (χ0v) is 29.0. The van der Waals surface area contributed by atoms with Crippen LogP contribution in [0.15, 0.2) is 36.4 Å². The molecule has 0 saturated carbocycles. The van der Waals surface area contributed by atoms with Crippen molar-refractivity contribution in [1.29, 1.82) is 0 Å². The molecule has 0 saturated heterocycles. The number of fused-ring (bicyclic) bond motifs is 2. The summed E-state index contributed by atoms with van der Waals surface area (Å²) >= 11 is 0. The third kappa shape index (κ3) is 4.56. The largest absolute Gasteiger partial charge is 0.0572 e. The van der Waals surface area contributed by atoms with Crippen LogP contribution in [-0.4, -0.2) is 0 Å². The maximum Gasteiger partial charge on any atom is -0.00148 e. The molecule has 0 heterocycles.